The van der Waals surface area contributed by atoms with Crippen molar-refractivity contribution in [2.75, 3.05) is 27.2 Å². The van der Waals surface area contributed by atoms with Gasteiger partial charge in [-0.15, -0.1) is 0 Å². The zero-order chi connectivity index (χ0) is 22.6. The number of carbonyl (C=O) groups is 1. The molecule has 1 aliphatic heterocycles. The Morgan fingerprint density at radius 2 is 1.71 bits per heavy atom. The molecule has 168 valence electrons. The second-order valence-electron chi connectivity index (χ2n) is 8.05. The van der Waals surface area contributed by atoms with Crippen LogP contribution in [0.25, 0.3) is 0 Å². The molecule has 1 fully saturated rings. The van der Waals surface area contributed by atoms with Gasteiger partial charge in [0.1, 0.15) is 5.75 Å². The molecule has 0 unspecified atom stereocenters. The number of hydrogen-bond donors (Lipinski definition) is 0. The molecule has 1 aromatic heterocycles. The van der Waals surface area contributed by atoms with Gasteiger partial charge in [-0.05, 0) is 51.0 Å². The summed E-state index contributed by atoms with van der Waals surface area (Å²) in [5.74, 6) is 0.577. The molecule has 7 nitrogen and oxygen atoms in total. The number of ether oxygens (including phenoxy) is 1. The molecule has 1 aromatic carbocycles. The molecular formula is C23H31N3O4S. The van der Waals surface area contributed by atoms with Crippen molar-refractivity contribution in [3.8, 4) is 5.75 Å². The van der Waals surface area contributed by atoms with Crippen LogP contribution >= 0.6 is 0 Å². The summed E-state index contributed by atoms with van der Waals surface area (Å²) in [5.41, 5.74) is 3.05. The zero-order valence-electron chi connectivity index (χ0n) is 18.7. The van der Waals surface area contributed by atoms with Crippen LogP contribution in [-0.2, 0) is 16.6 Å². The van der Waals surface area contributed by atoms with Crippen molar-refractivity contribution in [1.29, 1.82) is 0 Å². The summed E-state index contributed by atoms with van der Waals surface area (Å²) in [4.78, 5) is 19.1. The fourth-order valence-electron chi connectivity index (χ4n) is 3.95. The van der Waals surface area contributed by atoms with E-state index in [0.717, 1.165) is 48.3 Å². The van der Waals surface area contributed by atoms with Crippen molar-refractivity contribution in [2.45, 2.75) is 51.0 Å². The third-order valence-electron chi connectivity index (χ3n) is 5.79. The van der Waals surface area contributed by atoms with Crippen LogP contribution in [-0.4, -0.2) is 55.8 Å². The van der Waals surface area contributed by atoms with Gasteiger partial charge in [0.05, 0.1) is 24.2 Å². The third-order valence-corrected chi connectivity index (χ3v) is 7.70. The number of pyridine rings is 1. The molecule has 2 aromatic rings. The number of sulfonamides is 1. The summed E-state index contributed by atoms with van der Waals surface area (Å²) in [6.07, 6.45) is 5.64. The van der Waals surface area contributed by atoms with Crippen molar-refractivity contribution < 1.29 is 17.9 Å². The fraction of sp³-hybridized carbons (Fsp3) is 0.478. The predicted molar refractivity (Wildman–Crippen MR) is 120 cm³/mol. The third kappa shape index (κ3) is 5.07. The highest BCUT2D eigenvalue weighted by Gasteiger charge is 2.25. The largest absolute Gasteiger partial charge is 0.496 e. The van der Waals surface area contributed by atoms with Gasteiger partial charge in [0, 0.05) is 43.0 Å². The van der Waals surface area contributed by atoms with Crippen LogP contribution in [0.3, 0.4) is 0 Å². The van der Waals surface area contributed by atoms with Crippen molar-refractivity contribution in [3.63, 3.8) is 0 Å². The van der Waals surface area contributed by atoms with Crippen LogP contribution in [0, 0.1) is 13.8 Å². The number of rotatable bonds is 6. The second-order valence-corrected chi connectivity index (χ2v) is 9.99. The maximum absolute atomic E-state index is 12.9. The lowest BCUT2D eigenvalue weighted by atomic mass is 10.1. The van der Waals surface area contributed by atoms with Gasteiger partial charge in [-0.3, -0.25) is 9.78 Å². The van der Waals surface area contributed by atoms with E-state index in [0.29, 0.717) is 25.2 Å². The summed E-state index contributed by atoms with van der Waals surface area (Å²) in [6.45, 7) is 5.29. The number of benzene rings is 1. The Bertz CT molecular complexity index is 1030. The lowest BCUT2D eigenvalue weighted by Gasteiger charge is -2.21. The lowest BCUT2D eigenvalue weighted by Crippen LogP contribution is -2.32. The second kappa shape index (κ2) is 9.78. The van der Waals surface area contributed by atoms with Crippen LogP contribution in [0.2, 0.25) is 0 Å². The van der Waals surface area contributed by atoms with E-state index in [4.69, 9.17) is 4.74 Å². The first-order valence-corrected chi connectivity index (χ1v) is 12.0. The molecule has 0 spiro atoms. The standard InChI is InChI=1S/C23H31N3O4S/c1-17-15-24-21(18(2)22(17)30-4)16-25(3)23(27)19-9-11-20(12-10-19)31(28,29)26-13-7-5-6-8-14-26/h9-12,15H,5-8,13-14,16H2,1-4H3. The number of hydrogen-bond acceptors (Lipinski definition) is 5. The maximum atomic E-state index is 12.9. The van der Waals surface area contributed by atoms with Crippen molar-refractivity contribution in [1.82, 2.24) is 14.2 Å². The number of aromatic nitrogens is 1. The number of nitrogens with zero attached hydrogens (tertiary/aromatic N) is 3. The molecule has 1 saturated heterocycles. The van der Waals surface area contributed by atoms with E-state index in [9.17, 15) is 13.2 Å². The molecule has 1 aliphatic rings. The Morgan fingerprint density at radius 1 is 1.10 bits per heavy atom. The van der Waals surface area contributed by atoms with E-state index in [1.165, 1.54) is 12.1 Å². The van der Waals surface area contributed by atoms with E-state index < -0.39 is 10.0 Å². The predicted octanol–water partition coefficient (Wildman–Crippen LogP) is 3.54. The van der Waals surface area contributed by atoms with Crippen LogP contribution in [0.4, 0.5) is 0 Å². The minimum absolute atomic E-state index is 0.195. The molecule has 2 heterocycles. The van der Waals surface area contributed by atoms with Gasteiger partial charge in [-0.1, -0.05) is 12.8 Å². The average Bonchev–Trinajstić information content (AvgIpc) is 3.06. The molecule has 0 N–H and O–H groups in total. The van der Waals surface area contributed by atoms with E-state index in [1.54, 1.807) is 41.7 Å². The highest BCUT2D eigenvalue weighted by atomic mass is 32.2. The first-order chi connectivity index (χ1) is 14.8. The molecule has 0 saturated carbocycles. The minimum atomic E-state index is -3.53. The Hall–Kier alpha value is -2.45. The highest BCUT2D eigenvalue weighted by Crippen LogP contribution is 2.25. The Labute approximate surface area is 185 Å². The van der Waals surface area contributed by atoms with Crippen LogP contribution in [0.15, 0.2) is 35.4 Å². The van der Waals surface area contributed by atoms with Gasteiger partial charge in [-0.25, -0.2) is 8.42 Å². The van der Waals surface area contributed by atoms with E-state index in [2.05, 4.69) is 4.98 Å². The lowest BCUT2D eigenvalue weighted by molar-refractivity contribution is 0.0783. The molecular weight excluding hydrogens is 414 g/mol. The number of methoxy groups -OCH3 is 1. The first-order valence-electron chi connectivity index (χ1n) is 10.6. The molecule has 0 aliphatic carbocycles. The topological polar surface area (TPSA) is 79.8 Å². The van der Waals surface area contributed by atoms with Gasteiger partial charge in [0.15, 0.2) is 0 Å². The van der Waals surface area contributed by atoms with Gasteiger partial charge in [0.2, 0.25) is 10.0 Å². The van der Waals surface area contributed by atoms with Crippen molar-refractivity contribution in [2.24, 2.45) is 0 Å². The first kappa shape index (κ1) is 23.2. The highest BCUT2D eigenvalue weighted by molar-refractivity contribution is 7.89. The van der Waals surface area contributed by atoms with Crippen LogP contribution in [0.5, 0.6) is 5.75 Å². The quantitative estimate of drug-likeness (QED) is 0.679. The van der Waals surface area contributed by atoms with Gasteiger partial charge in [0.25, 0.3) is 5.91 Å². The monoisotopic (exact) mass is 445 g/mol. The smallest absolute Gasteiger partial charge is 0.253 e. The molecule has 0 bridgehead atoms. The van der Waals surface area contributed by atoms with E-state index in [-0.39, 0.29) is 10.8 Å². The van der Waals surface area contributed by atoms with Gasteiger partial charge >= 0.3 is 0 Å². The summed E-state index contributed by atoms with van der Waals surface area (Å²) < 4.78 is 32.9. The molecule has 0 atom stereocenters. The minimum Gasteiger partial charge on any atom is -0.496 e. The summed E-state index contributed by atoms with van der Waals surface area (Å²) in [5, 5.41) is 0. The van der Waals surface area contributed by atoms with Crippen molar-refractivity contribution in [3.05, 3.63) is 52.8 Å². The average molecular weight is 446 g/mol. The van der Waals surface area contributed by atoms with E-state index in [1.807, 2.05) is 13.8 Å². The Morgan fingerprint density at radius 3 is 2.29 bits per heavy atom. The van der Waals surface area contributed by atoms with Crippen LogP contribution < -0.4 is 4.74 Å². The molecule has 3 rings (SSSR count). The normalized spacial score (nSPS) is 15.4. The Balaban J connectivity index is 1.74. The fourth-order valence-corrected chi connectivity index (χ4v) is 5.46. The summed E-state index contributed by atoms with van der Waals surface area (Å²) in [6, 6.07) is 6.22. The summed E-state index contributed by atoms with van der Waals surface area (Å²) >= 11 is 0. The SMILES string of the molecule is COc1c(C)cnc(CN(C)C(=O)c2ccc(S(=O)(=O)N3CCCCCC3)cc2)c1C. The number of amides is 1. The number of aryl methyl sites for hydroxylation is 1. The Kier molecular flexibility index (Phi) is 7.33. The van der Waals surface area contributed by atoms with Gasteiger partial charge < -0.3 is 9.64 Å². The van der Waals surface area contributed by atoms with Crippen LogP contribution in [0.1, 0.15) is 52.9 Å². The van der Waals surface area contributed by atoms with Crippen molar-refractivity contribution >= 4 is 15.9 Å². The maximum Gasteiger partial charge on any atom is 0.253 e. The molecule has 1 amide bonds. The molecule has 0 radical (unpaired) electrons. The molecule has 8 heteroatoms. The summed E-state index contributed by atoms with van der Waals surface area (Å²) in [7, 11) is -0.203. The zero-order valence-corrected chi connectivity index (χ0v) is 19.5. The van der Waals surface area contributed by atoms with E-state index >= 15 is 0 Å². The number of carbonyl (C=O) groups excluding carboxylic acids is 1. The van der Waals surface area contributed by atoms with Gasteiger partial charge in [-0.2, -0.15) is 4.31 Å². The molecule has 31 heavy (non-hydrogen) atoms.